The van der Waals surface area contributed by atoms with Crippen LogP contribution in [0.1, 0.15) is 15.4 Å². The minimum atomic E-state index is -3.97. The Balaban J connectivity index is 2.02. The summed E-state index contributed by atoms with van der Waals surface area (Å²) in [5.74, 6) is -0.727. The van der Waals surface area contributed by atoms with E-state index in [0.29, 0.717) is 10.2 Å². The first-order chi connectivity index (χ1) is 11.8. The van der Waals surface area contributed by atoms with E-state index in [1.54, 1.807) is 24.3 Å². The summed E-state index contributed by atoms with van der Waals surface area (Å²) < 4.78 is 34.1. The highest BCUT2D eigenvalue weighted by Crippen LogP contribution is 2.28. The molecule has 0 spiro atoms. The molecule has 3 rings (SSSR count). The molecule has 0 aliphatic rings. The smallest absolute Gasteiger partial charge is 0.339 e. The van der Waals surface area contributed by atoms with Crippen molar-refractivity contribution < 1.29 is 17.9 Å². The van der Waals surface area contributed by atoms with Gasteiger partial charge in [0.1, 0.15) is 4.90 Å². The van der Waals surface area contributed by atoms with Crippen LogP contribution in [0.5, 0.6) is 0 Å². The number of halogens is 1. The van der Waals surface area contributed by atoms with Gasteiger partial charge in [0.05, 0.1) is 33.6 Å². The summed E-state index contributed by atoms with van der Waals surface area (Å²) in [4.78, 5) is 16.1. The van der Waals surface area contributed by atoms with Crippen LogP contribution < -0.4 is 4.72 Å². The van der Waals surface area contributed by atoms with Crippen molar-refractivity contribution in [2.45, 2.75) is 11.8 Å². The number of nitrogens with one attached hydrogen (secondary N) is 1. The summed E-state index contributed by atoms with van der Waals surface area (Å²) >= 11 is 4.70. The number of rotatable bonds is 4. The Kier molecular flexibility index (Phi) is 4.81. The van der Waals surface area contributed by atoms with E-state index in [0.717, 1.165) is 15.2 Å². The van der Waals surface area contributed by atoms with Gasteiger partial charge in [-0.3, -0.25) is 4.72 Å². The lowest BCUT2D eigenvalue weighted by atomic mass is 10.2. The highest BCUT2D eigenvalue weighted by molar-refractivity contribution is 9.10. The maximum absolute atomic E-state index is 12.7. The Morgan fingerprint density at radius 1 is 1.24 bits per heavy atom. The Labute approximate surface area is 157 Å². The second-order valence-electron chi connectivity index (χ2n) is 5.15. The quantitative estimate of drug-likeness (QED) is 0.620. The van der Waals surface area contributed by atoms with Crippen molar-refractivity contribution in [3.8, 4) is 0 Å². The number of hydrogen-bond donors (Lipinski definition) is 1. The van der Waals surface area contributed by atoms with Crippen LogP contribution in [0.15, 0.2) is 45.8 Å². The van der Waals surface area contributed by atoms with Crippen molar-refractivity contribution >= 4 is 59.2 Å². The number of hydrogen-bond acceptors (Lipinski definition) is 6. The molecule has 1 heterocycles. The number of benzene rings is 2. The van der Waals surface area contributed by atoms with Crippen molar-refractivity contribution in [1.29, 1.82) is 0 Å². The molecule has 0 saturated heterocycles. The van der Waals surface area contributed by atoms with Gasteiger partial charge in [0, 0.05) is 4.47 Å². The van der Waals surface area contributed by atoms with Gasteiger partial charge in [-0.15, -0.1) is 11.3 Å². The largest absolute Gasteiger partial charge is 0.465 e. The first-order valence-corrected chi connectivity index (χ1v) is 10.2. The summed E-state index contributed by atoms with van der Waals surface area (Å²) in [5.41, 5.74) is 1.17. The summed E-state index contributed by atoms with van der Waals surface area (Å²) in [7, 11) is -2.76. The normalized spacial score (nSPS) is 11.5. The van der Waals surface area contributed by atoms with Gasteiger partial charge in [-0.2, -0.15) is 0 Å². The van der Waals surface area contributed by atoms with Gasteiger partial charge in [0.2, 0.25) is 0 Å². The Hall–Kier alpha value is -1.97. The third kappa shape index (κ3) is 3.68. The summed E-state index contributed by atoms with van der Waals surface area (Å²) in [6.07, 6.45) is 0. The van der Waals surface area contributed by atoms with Crippen LogP contribution in [0.25, 0.3) is 10.2 Å². The number of thiazole rings is 1. The van der Waals surface area contributed by atoms with E-state index < -0.39 is 16.0 Å². The zero-order chi connectivity index (χ0) is 18.2. The molecule has 0 unspecified atom stereocenters. The molecule has 1 aromatic heterocycles. The van der Waals surface area contributed by atoms with E-state index in [2.05, 4.69) is 30.4 Å². The number of aryl methyl sites for hydroxylation is 1. The molecule has 6 nitrogen and oxygen atoms in total. The monoisotopic (exact) mass is 440 g/mol. The minimum absolute atomic E-state index is 0.0425. The minimum Gasteiger partial charge on any atom is -0.465 e. The highest BCUT2D eigenvalue weighted by Gasteiger charge is 2.23. The van der Waals surface area contributed by atoms with E-state index in [1.165, 1.54) is 30.6 Å². The number of carbonyl (C=O) groups is 1. The zero-order valence-corrected chi connectivity index (χ0v) is 16.5. The van der Waals surface area contributed by atoms with Crippen LogP contribution in [0.4, 0.5) is 5.69 Å². The van der Waals surface area contributed by atoms with Gasteiger partial charge in [-0.1, -0.05) is 15.9 Å². The fourth-order valence-electron chi connectivity index (χ4n) is 2.32. The van der Waals surface area contributed by atoms with Gasteiger partial charge in [-0.25, -0.2) is 18.2 Å². The highest BCUT2D eigenvalue weighted by atomic mass is 79.9. The zero-order valence-electron chi connectivity index (χ0n) is 13.2. The summed E-state index contributed by atoms with van der Waals surface area (Å²) in [6.45, 7) is 1.89. The lowest BCUT2D eigenvalue weighted by molar-refractivity contribution is 0.0596. The van der Waals surface area contributed by atoms with Gasteiger partial charge in [0.25, 0.3) is 10.0 Å². The van der Waals surface area contributed by atoms with Crippen LogP contribution >= 0.6 is 27.3 Å². The molecule has 0 aliphatic carbocycles. The van der Waals surface area contributed by atoms with Crippen molar-refractivity contribution in [3.63, 3.8) is 0 Å². The lowest BCUT2D eigenvalue weighted by Gasteiger charge is -2.11. The second-order valence-corrected chi connectivity index (χ2v) is 8.95. The number of fused-ring (bicyclic) bond motifs is 1. The maximum atomic E-state index is 12.7. The summed E-state index contributed by atoms with van der Waals surface area (Å²) in [5, 5.41) is 0.899. The Morgan fingerprint density at radius 2 is 2.00 bits per heavy atom. The molecule has 130 valence electrons. The number of carbonyl (C=O) groups excluding carboxylic acids is 1. The molecule has 0 bridgehead atoms. The lowest BCUT2D eigenvalue weighted by Crippen LogP contribution is -2.17. The molecule has 1 N–H and O–H groups in total. The third-order valence-corrected chi connectivity index (χ3v) is 6.25. The molecule has 9 heteroatoms. The SMILES string of the molecule is COC(=O)c1cc(Br)ccc1S(=O)(=O)Nc1ccc2nc(C)sc2c1. The van der Waals surface area contributed by atoms with Crippen molar-refractivity contribution in [2.75, 3.05) is 11.8 Å². The first kappa shape index (κ1) is 17.8. The number of anilines is 1. The average Bonchev–Trinajstić information content (AvgIpc) is 2.92. The molecule has 0 saturated carbocycles. The number of esters is 1. The predicted octanol–water partition coefficient (Wildman–Crippen LogP) is 3.95. The predicted molar refractivity (Wildman–Crippen MR) is 101 cm³/mol. The Morgan fingerprint density at radius 3 is 2.72 bits per heavy atom. The molecular weight excluding hydrogens is 428 g/mol. The van der Waals surface area contributed by atoms with Crippen LogP contribution in [0.2, 0.25) is 0 Å². The van der Waals surface area contributed by atoms with Crippen molar-refractivity contribution in [1.82, 2.24) is 4.98 Å². The van der Waals surface area contributed by atoms with Gasteiger partial charge in [-0.05, 0) is 43.3 Å². The van der Waals surface area contributed by atoms with Gasteiger partial charge < -0.3 is 4.74 Å². The fraction of sp³-hybridized carbons (Fsp3) is 0.125. The molecule has 0 amide bonds. The van der Waals surface area contributed by atoms with E-state index in [-0.39, 0.29) is 10.5 Å². The van der Waals surface area contributed by atoms with Crippen LogP contribution in [0.3, 0.4) is 0 Å². The Bertz CT molecular complexity index is 1080. The average molecular weight is 441 g/mol. The molecule has 0 fully saturated rings. The van der Waals surface area contributed by atoms with Crippen molar-refractivity contribution in [2.24, 2.45) is 0 Å². The molecule has 3 aromatic rings. The second kappa shape index (κ2) is 6.74. The van der Waals surface area contributed by atoms with Crippen molar-refractivity contribution in [3.05, 3.63) is 51.4 Å². The van der Waals surface area contributed by atoms with E-state index in [1.807, 2.05) is 6.92 Å². The molecule has 0 atom stereocenters. The standard InChI is InChI=1S/C16H13BrN2O4S2/c1-9-18-13-5-4-11(8-14(13)24-9)19-25(21,22)15-6-3-10(17)7-12(15)16(20)23-2/h3-8,19H,1-2H3. The molecule has 0 aliphatic heterocycles. The number of nitrogens with zero attached hydrogens (tertiary/aromatic N) is 1. The van der Waals surface area contributed by atoms with Gasteiger partial charge >= 0.3 is 5.97 Å². The van der Waals surface area contributed by atoms with Crippen LogP contribution in [-0.4, -0.2) is 26.5 Å². The van der Waals surface area contributed by atoms with E-state index >= 15 is 0 Å². The molecular formula is C16H13BrN2O4S2. The molecule has 2 aromatic carbocycles. The van der Waals surface area contributed by atoms with Crippen LogP contribution in [0, 0.1) is 6.92 Å². The third-order valence-electron chi connectivity index (χ3n) is 3.38. The molecule has 0 radical (unpaired) electrons. The first-order valence-electron chi connectivity index (χ1n) is 7.08. The van der Waals surface area contributed by atoms with Gasteiger partial charge in [0.15, 0.2) is 0 Å². The number of sulfonamides is 1. The summed E-state index contributed by atoms with van der Waals surface area (Å²) in [6, 6.07) is 9.42. The number of methoxy groups -OCH3 is 1. The topological polar surface area (TPSA) is 85.4 Å². The number of aromatic nitrogens is 1. The van der Waals surface area contributed by atoms with Crippen LogP contribution in [-0.2, 0) is 14.8 Å². The fourth-order valence-corrected chi connectivity index (χ4v) is 4.77. The molecule has 25 heavy (non-hydrogen) atoms. The number of ether oxygens (including phenoxy) is 1. The van der Waals surface area contributed by atoms with E-state index in [4.69, 9.17) is 0 Å². The van der Waals surface area contributed by atoms with E-state index in [9.17, 15) is 13.2 Å². The maximum Gasteiger partial charge on any atom is 0.339 e.